The smallest absolute Gasteiger partial charge is 0.379 e. The molecular formula is C25H28F3N7O4S. The predicted octanol–water partition coefficient (Wildman–Crippen LogP) is 3.26. The normalized spacial score (nSPS) is 17.6. The molecular weight excluding hydrogens is 551 g/mol. The Labute approximate surface area is 229 Å². The van der Waals surface area contributed by atoms with Crippen LogP contribution in [0.2, 0.25) is 0 Å². The maximum absolute atomic E-state index is 13.8. The van der Waals surface area contributed by atoms with Crippen LogP contribution in [0, 0.1) is 0 Å². The summed E-state index contributed by atoms with van der Waals surface area (Å²) in [5.41, 5.74) is -0.322. The number of rotatable bonds is 10. The van der Waals surface area contributed by atoms with Crippen LogP contribution >= 0.6 is 0 Å². The van der Waals surface area contributed by atoms with Crippen molar-refractivity contribution >= 4 is 33.5 Å². The highest BCUT2D eigenvalue weighted by Crippen LogP contribution is 2.34. The van der Waals surface area contributed by atoms with Crippen molar-refractivity contribution in [2.24, 2.45) is 0 Å². The summed E-state index contributed by atoms with van der Waals surface area (Å²) in [6.07, 6.45) is -2.27. The number of aromatic nitrogens is 3. The number of hydrogen-bond acceptors (Lipinski definition) is 9. The highest BCUT2D eigenvalue weighted by Gasteiger charge is 2.36. The van der Waals surface area contributed by atoms with Crippen LogP contribution < -0.4 is 20.7 Å². The van der Waals surface area contributed by atoms with E-state index in [0.29, 0.717) is 30.4 Å². The first kappa shape index (κ1) is 29.0. The second-order valence-electron chi connectivity index (χ2n) is 8.88. The Balaban J connectivity index is 1.53. The number of halogens is 3. The van der Waals surface area contributed by atoms with Crippen LogP contribution in [0.5, 0.6) is 0 Å². The molecule has 2 aromatic heterocycles. The van der Waals surface area contributed by atoms with E-state index in [1.165, 1.54) is 25.3 Å². The molecule has 3 aromatic rings. The number of alkyl halides is 3. The number of nitrogens with one attached hydrogen (secondary N) is 4. The van der Waals surface area contributed by atoms with E-state index in [1.807, 2.05) is 0 Å². The quantitative estimate of drug-likeness (QED) is 0.284. The van der Waals surface area contributed by atoms with Gasteiger partial charge < -0.3 is 20.7 Å². The number of sulfonamides is 1. The highest BCUT2D eigenvalue weighted by atomic mass is 32.2. The molecule has 0 bridgehead atoms. The molecule has 1 aliphatic rings. The third-order valence-corrected chi connectivity index (χ3v) is 7.35. The van der Waals surface area contributed by atoms with Gasteiger partial charge in [0, 0.05) is 36.7 Å². The minimum Gasteiger partial charge on any atom is -0.379 e. The molecule has 1 aromatic carbocycles. The van der Waals surface area contributed by atoms with E-state index in [0.717, 1.165) is 0 Å². The van der Waals surface area contributed by atoms with Crippen LogP contribution in [0.15, 0.2) is 54.9 Å². The van der Waals surface area contributed by atoms with Crippen molar-refractivity contribution in [1.82, 2.24) is 20.3 Å². The Hall–Kier alpha value is -3.98. The monoisotopic (exact) mass is 579 g/mol. The first-order chi connectivity index (χ1) is 19.1. The van der Waals surface area contributed by atoms with Crippen LogP contribution in [0.3, 0.4) is 0 Å². The number of pyridine rings is 1. The molecule has 15 heteroatoms. The number of nitrogens with zero attached hydrogens (tertiary/aromatic N) is 3. The van der Waals surface area contributed by atoms with Gasteiger partial charge in [-0.25, -0.2) is 18.4 Å². The first-order valence-corrected chi connectivity index (χ1v) is 14.0. The molecule has 1 amide bonds. The SMILES string of the molecule is CCS(=O)(=O)Nc1ncccc1CNc1nc(NC2COCCC2NC(=O)c2ccccc2)ncc1C(F)(F)F. The van der Waals surface area contributed by atoms with E-state index in [-0.39, 0.29) is 36.6 Å². The summed E-state index contributed by atoms with van der Waals surface area (Å²) in [6, 6.07) is 10.8. The van der Waals surface area contributed by atoms with Crippen molar-refractivity contribution in [3.8, 4) is 0 Å². The fourth-order valence-electron chi connectivity index (χ4n) is 3.93. The van der Waals surface area contributed by atoms with Gasteiger partial charge in [0.05, 0.1) is 24.4 Å². The fourth-order valence-corrected chi connectivity index (χ4v) is 4.55. The Morgan fingerprint density at radius 1 is 1.07 bits per heavy atom. The van der Waals surface area contributed by atoms with Crippen molar-refractivity contribution in [3.63, 3.8) is 0 Å². The average molecular weight is 580 g/mol. The Kier molecular flexibility index (Phi) is 9.04. The van der Waals surface area contributed by atoms with Gasteiger partial charge in [0.2, 0.25) is 16.0 Å². The number of anilines is 3. The molecule has 0 spiro atoms. The topological polar surface area (TPSA) is 147 Å². The molecule has 214 valence electrons. The lowest BCUT2D eigenvalue weighted by atomic mass is 10.0. The van der Waals surface area contributed by atoms with E-state index >= 15 is 0 Å². The van der Waals surface area contributed by atoms with Gasteiger partial charge in [0.1, 0.15) is 17.2 Å². The summed E-state index contributed by atoms with van der Waals surface area (Å²) >= 11 is 0. The molecule has 11 nitrogen and oxygen atoms in total. The molecule has 2 unspecified atom stereocenters. The fraction of sp³-hybridized carbons (Fsp3) is 0.360. The molecule has 1 fully saturated rings. The van der Waals surface area contributed by atoms with Crippen molar-refractivity contribution in [3.05, 3.63) is 71.5 Å². The molecule has 0 aliphatic carbocycles. The van der Waals surface area contributed by atoms with E-state index in [4.69, 9.17) is 4.74 Å². The highest BCUT2D eigenvalue weighted by molar-refractivity contribution is 7.92. The minimum absolute atomic E-state index is 0.00540. The second-order valence-corrected chi connectivity index (χ2v) is 10.9. The van der Waals surface area contributed by atoms with Crippen molar-refractivity contribution < 1.29 is 31.1 Å². The first-order valence-electron chi connectivity index (χ1n) is 12.4. The molecule has 1 saturated heterocycles. The maximum atomic E-state index is 13.8. The summed E-state index contributed by atoms with van der Waals surface area (Å²) < 4.78 is 73.1. The summed E-state index contributed by atoms with van der Waals surface area (Å²) in [5.74, 6) is -1.12. The lowest BCUT2D eigenvalue weighted by Crippen LogP contribution is -2.52. The third-order valence-electron chi connectivity index (χ3n) is 6.09. The van der Waals surface area contributed by atoms with Crippen LogP contribution in [0.4, 0.5) is 30.8 Å². The van der Waals surface area contributed by atoms with Crippen molar-refractivity contribution in [2.45, 2.75) is 38.1 Å². The summed E-state index contributed by atoms with van der Waals surface area (Å²) in [5, 5.41) is 8.55. The van der Waals surface area contributed by atoms with Gasteiger partial charge in [-0.3, -0.25) is 9.52 Å². The van der Waals surface area contributed by atoms with Crippen LogP contribution in [-0.2, 0) is 27.5 Å². The molecule has 0 radical (unpaired) electrons. The Bertz CT molecular complexity index is 1430. The van der Waals surface area contributed by atoms with Crippen LogP contribution in [0.25, 0.3) is 0 Å². The standard InChI is InChI=1S/C25H28F3N7O4S/c1-2-40(37,38)35-21-17(9-6-11-29-21)13-30-22-18(25(26,27)28)14-31-24(34-22)33-20-15-39-12-10-19(20)32-23(36)16-7-4-3-5-8-16/h3-9,11,14,19-20H,2,10,12-13,15H2,1H3,(H,29,35)(H,32,36)(H2,30,31,33,34). The largest absolute Gasteiger partial charge is 0.421 e. The maximum Gasteiger partial charge on any atom is 0.421 e. The number of amides is 1. The lowest BCUT2D eigenvalue weighted by molar-refractivity contribution is -0.137. The number of benzene rings is 1. The predicted molar refractivity (Wildman–Crippen MR) is 142 cm³/mol. The van der Waals surface area contributed by atoms with Crippen molar-refractivity contribution in [2.75, 3.05) is 34.3 Å². The number of hydrogen-bond donors (Lipinski definition) is 4. The van der Waals surface area contributed by atoms with Crippen LogP contribution in [0.1, 0.15) is 34.8 Å². The van der Waals surface area contributed by atoms with E-state index < -0.39 is 39.7 Å². The zero-order chi connectivity index (χ0) is 28.8. The molecule has 2 atom stereocenters. The Morgan fingerprint density at radius 2 is 1.85 bits per heavy atom. The molecule has 1 aliphatic heterocycles. The van der Waals surface area contributed by atoms with Gasteiger partial charge in [-0.1, -0.05) is 24.3 Å². The zero-order valence-electron chi connectivity index (χ0n) is 21.4. The molecule has 3 heterocycles. The molecule has 4 N–H and O–H groups in total. The summed E-state index contributed by atoms with van der Waals surface area (Å²) in [6.45, 7) is 1.80. The van der Waals surface area contributed by atoms with Crippen LogP contribution in [-0.4, -0.2) is 60.3 Å². The van der Waals surface area contributed by atoms with Gasteiger partial charge in [0.25, 0.3) is 5.91 Å². The van der Waals surface area contributed by atoms with E-state index in [2.05, 4.69) is 35.6 Å². The third kappa shape index (κ3) is 7.57. The van der Waals surface area contributed by atoms with E-state index in [1.54, 1.807) is 30.3 Å². The number of ether oxygens (including phenoxy) is 1. The second kappa shape index (κ2) is 12.5. The molecule has 4 rings (SSSR count). The van der Waals surface area contributed by atoms with Gasteiger partial charge in [-0.15, -0.1) is 0 Å². The summed E-state index contributed by atoms with van der Waals surface area (Å²) in [4.78, 5) is 24.6. The number of carbonyl (C=O) groups is 1. The molecule has 0 saturated carbocycles. The average Bonchev–Trinajstić information content (AvgIpc) is 2.93. The Morgan fingerprint density at radius 3 is 2.58 bits per heavy atom. The minimum atomic E-state index is -4.76. The number of carbonyl (C=O) groups excluding carboxylic acids is 1. The van der Waals surface area contributed by atoms with Gasteiger partial charge >= 0.3 is 6.18 Å². The van der Waals surface area contributed by atoms with Gasteiger partial charge in [-0.2, -0.15) is 18.2 Å². The zero-order valence-corrected chi connectivity index (χ0v) is 22.2. The van der Waals surface area contributed by atoms with Gasteiger partial charge in [0.15, 0.2) is 0 Å². The summed E-state index contributed by atoms with van der Waals surface area (Å²) in [7, 11) is -3.66. The van der Waals surface area contributed by atoms with Crippen molar-refractivity contribution in [1.29, 1.82) is 0 Å². The van der Waals surface area contributed by atoms with Gasteiger partial charge in [-0.05, 0) is 31.5 Å². The molecule has 40 heavy (non-hydrogen) atoms. The lowest BCUT2D eigenvalue weighted by Gasteiger charge is -2.32. The van der Waals surface area contributed by atoms with E-state index in [9.17, 15) is 26.4 Å².